The van der Waals surface area contributed by atoms with Crippen molar-refractivity contribution in [1.82, 2.24) is 4.90 Å². The van der Waals surface area contributed by atoms with Crippen molar-refractivity contribution in [2.75, 3.05) is 19.6 Å². The monoisotopic (exact) mass is 238 g/mol. The van der Waals surface area contributed by atoms with Crippen molar-refractivity contribution in [2.24, 2.45) is 5.73 Å². The summed E-state index contributed by atoms with van der Waals surface area (Å²) in [6.07, 6.45) is 1.50. The highest BCUT2D eigenvalue weighted by Crippen LogP contribution is 2.17. The van der Waals surface area contributed by atoms with Crippen molar-refractivity contribution in [3.63, 3.8) is 0 Å². The number of rotatable bonds is 4. The minimum absolute atomic E-state index is 0.0617. The first-order valence-corrected chi connectivity index (χ1v) is 6.06. The zero-order valence-corrected chi connectivity index (χ0v) is 9.85. The lowest BCUT2D eigenvalue weighted by Gasteiger charge is -2.18. The molecular formula is C13H19FN2O. The molecule has 0 aromatic heterocycles. The summed E-state index contributed by atoms with van der Waals surface area (Å²) in [7, 11) is 0. The summed E-state index contributed by atoms with van der Waals surface area (Å²) in [5.41, 5.74) is 7.01. The van der Waals surface area contributed by atoms with E-state index in [1.807, 2.05) is 0 Å². The van der Waals surface area contributed by atoms with Crippen molar-refractivity contribution >= 4 is 0 Å². The Hall–Kier alpha value is -0.970. The van der Waals surface area contributed by atoms with E-state index in [0.29, 0.717) is 0 Å². The van der Waals surface area contributed by atoms with Crippen LogP contribution in [0.5, 0.6) is 0 Å². The van der Waals surface area contributed by atoms with Gasteiger partial charge in [0.2, 0.25) is 0 Å². The van der Waals surface area contributed by atoms with E-state index in [1.54, 1.807) is 12.1 Å². The number of β-amino-alcohol motifs (C(OH)–C–C–N with tert-alkyl or cyclic N) is 1. The molecule has 0 amide bonds. The molecule has 1 aromatic rings. The zero-order valence-electron chi connectivity index (χ0n) is 9.85. The molecule has 1 saturated heterocycles. The van der Waals surface area contributed by atoms with Crippen LogP contribution in [0.2, 0.25) is 0 Å². The van der Waals surface area contributed by atoms with Gasteiger partial charge in [-0.1, -0.05) is 12.1 Å². The largest absolute Gasteiger partial charge is 0.392 e. The van der Waals surface area contributed by atoms with Crippen LogP contribution in [0.15, 0.2) is 24.3 Å². The second kappa shape index (κ2) is 5.58. The fraction of sp³-hybridized carbons (Fsp3) is 0.538. The molecule has 1 heterocycles. The molecule has 17 heavy (non-hydrogen) atoms. The molecule has 2 rings (SSSR count). The smallest absolute Gasteiger partial charge is 0.123 e. The molecular weight excluding hydrogens is 219 g/mol. The number of nitrogens with two attached hydrogens (primary N) is 1. The van der Waals surface area contributed by atoms with Gasteiger partial charge in [0.1, 0.15) is 5.82 Å². The highest BCUT2D eigenvalue weighted by atomic mass is 19.1. The standard InChI is InChI=1S/C13H19FN2O/c14-11-3-1-10(2-4-11)13(15)6-8-16-7-5-12(17)9-16/h1-4,12-13,17H,5-9,15H2. The molecule has 2 atom stereocenters. The van der Waals surface area contributed by atoms with E-state index < -0.39 is 0 Å². The first kappa shape index (κ1) is 12.5. The van der Waals surface area contributed by atoms with E-state index in [0.717, 1.165) is 38.0 Å². The minimum atomic E-state index is -0.233. The highest BCUT2D eigenvalue weighted by molar-refractivity contribution is 5.19. The van der Waals surface area contributed by atoms with Crippen LogP contribution in [0.25, 0.3) is 0 Å². The van der Waals surface area contributed by atoms with E-state index in [4.69, 9.17) is 5.73 Å². The Morgan fingerprint density at radius 1 is 1.41 bits per heavy atom. The van der Waals surface area contributed by atoms with Crippen molar-refractivity contribution in [1.29, 1.82) is 0 Å². The maximum absolute atomic E-state index is 12.7. The van der Waals surface area contributed by atoms with Gasteiger partial charge in [-0.05, 0) is 30.5 Å². The Bertz CT molecular complexity index is 355. The van der Waals surface area contributed by atoms with Crippen LogP contribution < -0.4 is 5.73 Å². The summed E-state index contributed by atoms with van der Waals surface area (Å²) in [6, 6.07) is 6.29. The van der Waals surface area contributed by atoms with Crippen LogP contribution in [-0.2, 0) is 0 Å². The van der Waals surface area contributed by atoms with E-state index in [2.05, 4.69) is 4.90 Å². The van der Waals surface area contributed by atoms with E-state index in [9.17, 15) is 9.50 Å². The van der Waals surface area contributed by atoms with Gasteiger partial charge in [0.25, 0.3) is 0 Å². The van der Waals surface area contributed by atoms with E-state index >= 15 is 0 Å². The van der Waals surface area contributed by atoms with Gasteiger partial charge in [-0.2, -0.15) is 0 Å². The number of halogens is 1. The average molecular weight is 238 g/mol. The molecule has 3 N–H and O–H groups in total. The maximum atomic E-state index is 12.7. The quantitative estimate of drug-likeness (QED) is 0.831. The van der Waals surface area contributed by atoms with Crippen molar-refractivity contribution in [3.8, 4) is 0 Å². The average Bonchev–Trinajstić information content (AvgIpc) is 2.73. The predicted octanol–water partition coefficient (Wildman–Crippen LogP) is 1.28. The summed E-state index contributed by atoms with van der Waals surface area (Å²) in [5, 5.41) is 9.40. The third-order valence-electron chi connectivity index (χ3n) is 3.30. The third-order valence-corrected chi connectivity index (χ3v) is 3.30. The number of aliphatic hydroxyl groups excluding tert-OH is 1. The molecule has 0 spiro atoms. The van der Waals surface area contributed by atoms with Crippen LogP contribution in [0, 0.1) is 5.82 Å². The van der Waals surface area contributed by atoms with Gasteiger partial charge in [-0.3, -0.25) is 0 Å². The molecule has 3 nitrogen and oxygen atoms in total. The number of hydrogen-bond donors (Lipinski definition) is 2. The first-order chi connectivity index (χ1) is 8.15. The molecule has 2 unspecified atom stereocenters. The number of benzene rings is 1. The third kappa shape index (κ3) is 3.49. The summed E-state index contributed by atoms with van der Waals surface area (Å²) >= 11 is 0. The number of aliphatic hydroxyl groups is 1. The van der Waals surface area contributed by atoms with Gasteiger partial charge < -0.3 is 15.7 Å². The SMILES string of the molecule is NC(CCN1CCC(O)C1)c1ccc(F)cc1. The Labute approximate surface area is 101 Å². The highest BCUT2D eigenvalue weighted by Gasteiger charge is 2.20. The van der Waals surface area contributed by atoms with Crippen LogP contribution in [-0.4, -0.2) is 35.7 Å². The summed E-state index contributed by atoms with van der Waals surface area (Å²) in [6.45, 7) is 2.57. The van der Waals surface area contributed by atoms with Gasteiger partial charge in [0.05, 0.1) is 6.10 Å². The summed E-state index contributed by atoms with van der Waals surface area (Å²) in [4.78, 5) is 2.22. The lowest BCUT2D eigenvalue weighted by atomic mass is 10.0. The molecule has 1 aliphatic heterocycles. The zero-order chi connectivity index (χ0) is 12.3. The number of likely N-dealkylation sites (tertiary alicyclic amines) is 1. The molecule has 0 aliphatic carbocycles. The van der Waals surface area contributed by atoms with E-state index in [1.165, 1.54) is 12.1 Å². The van der Waals surface area contributed by atoms with E-state index in [-0.39, 0.29) is 18.0 Å². The number of hydrogen-bond acceptors (Lipinski definition) is 3. The van der Waals surface area contributed by atoms with Crippen molar-refractivity contribution < 1.29 is 9.50 Å². The predicted molar refractivity (Wildman–Crippen MR) is 65.0 cm³/mol. The molecule has 4 heteroatoms. The second-order valence-electron chi connectivity index (χ2n) is 4.69. The Morgan fingerprint density at radius 3 is 2.71 bits per heavy atom. The molecule has 1 fully saturated rings. The molecule has 0 saturated carbocycles. The molecule has 94 valence electrons. The van der Waals surface area contributed by atoms with Crippen LogP contribution >= 0.6 is 0 Å². The topological polar surface area (TPSA) is 49.5 Å². The summed E-state index contributed by atoms with van der Waals surface area (Å²) < 4.78 is 12.7. The fourth-order valence-corrected chi connectivity index (χ4v) is 2.21. The van der Waals surface area contributed by atoms with Crippen LogP contribution in [0.3, 0.4) is 0 Å². The fourth-order valence-electron chi connectivity index (χ4n) is 2.21. The lowest BCUT2D eigenvalue weighted by molar-refractivity contribution is 0.175. The summed E-state index contributed by atoms with van der Waals surface area (Å²) in [5.74, 6) is -0.233. The molecule has 1 aliphatic rings. The van der Waals surface area contributed by atoms with Crippen LogP contribution in [0.4, 0.5) is 4.39 Å². The molecule has 1 aromatic carbocycles. The minimum Gasteiger partial charge on any atom is -0.392 e. The van der Waals surface area contributed by atoms with Crippen molar-refractivity contribution in [3.05, 3.63) is 35.6 Å². The maximum Gasteiger partial charge on any atom is 0.123 e. The normalized spacial score (nSPS) is 22.9. The van der Waals surface area contributed by atoms with Gasteiger partial charge >= 0.3 is 0 Å². The molecule has 0 bridgehead atoms. The number of nitrogens with zero attached hydrogens (tertiary/aromatic N) is 1. The van der Waals surface area contributed by atoms with Gasteiger partial charge in [0, 0.05) is 25.7 Å². The van der Waals surface area contributed by atoms with Gasteiger partial charge in [-0.15, -0.1) is 0 Å². The first-order valence-electron chi connectivity index (χ1n) is 6.06. The second-order valence-corrected chi connectivity index (χ2v) is 4.69. The van der Waals surface area contributed by atoms with Crippen molar-refractivity contribution in [2.45, 2.75) is 25.0 Å². The van der Waals surface area contributed by atoms with Crippen LogP contribution in [0.1, 0.15) is 24.4 Å². The van der Waals surface area contributed by atoms with Gasteiger partial charge in [0.15, 0.2) is 0 Å². The lowest BCUT2D eigenvalue weighted by Crippen LogP contribution is -2.26. The Kier molecular flexibility index (Phi) is 4.10. The Morgan fingerprint density at radius 2 is 2.12 bits per heavy atom. The molecule has 0 radical (unpaired) electrons. The Balaban J connectivity index is 1.81. The van der Waals surface area contributed by atoms with Gasteiger partial charge in [-0.25, -0.2) is 4.39 Å².